The molecule has 0 unspecified atom stereocenters. The lowest BCUT2D eigenvalue weighted by molar-refractivity contribution is 0.313. The Bertz CT molecular complexity index is 825. The van der Waals surface area contributed by atoms with Gasteiger partial charge in [0.1, 0.15) is 0 Å². The molecular formula is C17H21N5S2. The minimum absolute atomic E-state index is 1.02. The van der Waals surface area contributed by atoms with E-state index in [0.29, 0.717) is 0 Å². The van der Waals surface area contributed by atoms with Crippen LogP contribution in [-0.2, 0) is 0 Å². The molecular weight excluding hydrogens is 338 g/mol. The Hall–Kier alpha value is -1.70. The minimum Gasteiger partial charge on any atom is -0.346 e. The zero-order valence-electron chi connectivity index (χ0n) is 14.2. The average molecular weight is 360 g/mol. The second-order valence-corrected chi connectivity index (χ2v) is 7.95. The summed E-state index contributed by atoms with van der Waals surface area (Å²) in [6.45, 7) is 8.61. The smallest absolute Gasteiger partial charge is 0.193 e. The monoisotopic (exact) mass is 359 g/mol. The number of nitrogens with zero attached hydrogens (tertiary/aromatic N) is 5. The molecule has 1 fully saturated rings. The number of piperazine rings is 1. The Balaban J connectivity index is 1.65. The molecule has 0 atom stereocenters. The molecule has 4 heterocycles. The maximum atomic E-state index is 4.92. The number of anilines is 1. The molecule has 1 aliphatic rings. The van der Waals surface area contributed by atoms with Gasteiger partial charge in [0.25, 0.3) is 0 Å². The molecule has 24 heavy (non-hydrogen) atoms. The summed E-state index contributed by atoms with van der Waals surface area (Å²) in [5.41, 5.74) is 4.69. The van der Waals surface area contributed by atoms with Crippen LogP contribution in [0, 0.1) is 13.8 Å². The first kappa shape index (κ1) is 15.8. The van der Waals surface area contributed by atoms with Gasteiger partial charge in [-0.25, -0.2) is 9.97 Å². The van der Waals surface area contributed by atoms with Crippen molar-refractivity contribution in [2.75, 3.05) is 38.1 Å². The van der Waals surface area contributed by atoms with E-state index in [2.05, 4.69) is 51.7 Å². The van der Waals surface area contributed by atoms with Gasteiger partial charge in [-0.1, -0.05) is 0 Å². The summed E-state index contributed by atoms with van der Waals surface area (Å²) in [5, 5.41) is 6.35. The van der Waals surface area contributed by atoms with Gasteiger partial charge in [-0.05, 0) is 27.0 Å². The summed E-state index contributed by atoms with van der Waals surface area (Å²) in [5.74, 6) is 0. The van der Waals surface area contributed by atoms with Crippen molar-refractivity contribution in [2.24, 2.45) is 0 Å². The summed E-state index contributed by atoms with van der Waals surface area (Å²) >= 11 is 3.41. The first-order valence-electron chi connectivity index (χ1n) is 8.11. The number of aromatic nitrogens is 3. The van der Waals surface area contributed by atoms with Gasteiger partial charge >= 0.3 is 0 Å². The van der Waals surface area contributed by atoms with Crippen molar-refractivity contribution >= 4 is 27.8 Å². The van der Waals surface area contributed by atoms with Crippen LogP contribution in [0.5, 0.6) is 0 Å². The quantitative estimate of drug-likeness (QED) is 0.718. The van der Waals surface area contributed by atoms with Gasteiger partial charge in [0.15, 0.2) is 10.3 Å². The van der Waals surface area contributed by atoms with Crippen molar-refractivity contribution in [1.29, 1.82) is 0 Å². The van der Waals surface area contributed by atoms with Crippen molar-refractivity contribution < 1.29 is 0 Å². The van der Waals surface area contributed by atoms with Crippen molar-refractivity contribution in [1.82, 2.24) is 19.4 Å². The van der Waals surface area contributed by atoms with E-state index in [0.717, 1.165) is 42.1 Å². The standard InChI is InChI=1S/C17H21N5S2/c1-12-10-14(13(2)22(12)16-18-4-9-23-16)15-11-24-17(19-15)21-7-5-20(3)6-8-21/h4,9-11H,5-8H2,1-3H3. The Labute approximate surface area is 150 Å². The van der Waals surface area contributed by atoms with E-state index in [1.807, 2.05) is 11.6 Å². The van der Waals surface area contributed by atoms with E-state index >= 15 is 0 Å². The van der Waals surface area contributed by atoms with Crippen LogP contribution in [0.25, 0.3) is 16.4 Å². The lowest BCUT2D eigenvalue weighted by Gasteiger charge is -2.32. The highest BCUT2D eigenvalue weighted by atomic mass is 32.1. The Morgan fingerprint density at radius 1 is 1.04 bits per heavy atom. The molecule has 0 saturated carbocycles. The van der Waals surface area contributed by atoms with Crippen LogP contribution in [0.2, 0.25) is 0 Å². The van der Waals surface area contributed by atoms with E-state index < -0.39 is 0 Å². The molecule has 3 aromatic heterocycles. The molecule has 1 aliphatic heterocycles. The highest BCUT2D eigenvalue weighted by Gasteiger charge is 2.20. The van der Waals surface area contributed by atoms with E-state index in [9.17, 15) is 0 Å². The van der Waals surface area contributed by atoms with E-state index in [1.165, 1.54) is 17.0 Å². The largest absolute Gasteiger partial charge is 0.346 e. The first-order chi connectivity index (χ1) is 11.6. The predicted octanol–water partition coefficient (Wildman–Crippen LogP) is 3.43. The summed E-state index contributed by atoms with van der Waals surface area (Å²) in [6, 6.07) is 2.22. The molecule has 1 saturated heterocycles. The van der Waals surface area contributed by atoms with Crippen molar-refractivity contribution in [3.05, 3.63) is 34.4 Å². The zero-order valence-corrected chi connectivity index (χ0v) is 15.8. The predicted molar refractivity (Wildman–Crippen MR) is 102 cm³/mol. The molecule has 0 N–H and O–H groups in total. The molecule has 0 spiro atoms. The molecule has 126 valence electrons. The fraction of sp³-hybridized carbons (Fsp3) is 0.412. The fourth-order valence-corrected chi connectivity index (χ4v) is 4.80. The van der Waals surface area contributed by atoms with Gasteiger partial charge < -0.3 is 9.80 Å². The maximum absolute atomic E-state index is 4.92. The fourth-order valence-electron chi connectivity index (χ4n) is 3.17. The van der Waals surface area contributed by atoms with Crippen LogP contribution in [0.15, 0.2) is 23.0 Å². The Kier molecular flexibility index (Phi) is 4.15. The molecule has 3 aromatic rings. The maximum Gasteiger partial charge on any atom is 0.193 e. The third-order valence-electron chi connectivity index (χ3n) is 4.58. The number of hydrogen-bond donors (Lipinski definition) is 0. The molecule has 7 heteroatoms. The molecule has 0 amide bonds. The molecule has 5 nitrogen and oxygen atoms in total. The molecule has 0 aromatic carbocycles. The number of hydrogen-bond acceptors (Lipinski definition) is 6. The summed E-state index contributed by atoms with van der Waals surface area (Å²) < 4.78 is 2.22. The first-order valence-corrected chi connectivity index (χ1v) is 9.87. The molecule has 4 rings (SSSR count). The van der Waals surface area contributed by atoms with E-state index in [1.54, 1.807) is 22.7 Å². The minimum atomic E-state index is 1.02. The highest BCUT2D eigenvalue weighted by Crippen LogP contribution is 2.33. The van der Waals surface area contributed by atoms with E-state index in [-0.39, 0.29) is 0 Å². The van der Waals surface area contributed by atoms with Crippen LogP contribution >= 0.6 is 22.7 Å². The Morgan fingerprint density at radius 2 is 1.83 bits per heavy atom. The van der Waals surface area contributed by atoms with Gasteiger partial charge in [-0.2, -0.15) is 0 Å². The highest BCUT2D eigenvalue weighted by molar-refractivity contribution is 7.14. The van der Waals surface area contributed by atoms with Gasteiger partial charge in [-0.15, -0.1) is 22.7 Å². The van der Waals surface area contributed by atoms with E-state index in [4.69, 9.17) is 4.98 Å². The second kappa shape index (κ2) is 6.31. The van der Waals surface area contributed by atoms with Crippen LogP contribution in [-0.4, -0.2) is 52.7 Å². The molecule has 0 bridgehead atoms. The number of thiazole rings is 2. The summed E-state index contributed by atoms with van der Waals surface area (Å²) in [6.07, 6.45) is 1.85. The third kappa shape index (κ3) is 2.76. The molecule has 0 radical (unpaired) electrons. The van der Waals surface area contributed by atoms with Crippen LogP contribution in [0.3, 0.4) is 0 Å². The third-order valence-corrected chi connectivity index (χ3v) is 6.24. The number of aryl methyl sites for hydroxylation is 1. The SMILES string of the molecule is Cc1cc(-c2csc(N3CCN(C)CC3)n2)c(C)n1-c1nccs1. The molecule has 0 aliphatic carbocycles. The van der Waals surface area contributed by atoms with Crippen LogP contribution in [0.1, 0.15) is 11.4 Å². The Morgan fingerprint density at radius 3 is 2.54 bits per heavy atom. The zero-order chi connectivity index (χ0) is 16.7. The van der Waals surface area contributed by atoms with Crippen molar-refractivity contribution in [3.8, 4) is 16.4 Å². The summed E-state index contributed by atoms with van der Waals surface area (Å²) in [4.78, 5) is 14.1. The van der Waals surface area contributed by atoms with Gasteiger partial charge in [-0.3, -0.25) is 4.57 Å². The van der Waals surface area contributed by atoms with Crippen molar-refractivity contribution in [2.45, 2.75) is 13.8 Å². The van der Waals surface area contributed by atoms with Gasteiger partial charge in [0, 0.05) is 60.1 Å². The lowest BCUT2D eigenvalue weighted by Crippen LogP contribution is -2.44. The number of rotatable bonds is 3. The summed E-state index contributed by atoms with van der Waals surface area (Å²) in [7, 11) is 2.18. The van der Waals surface area contributed by atoms with Crippen LogP contribution in [0.4, 0.5) is 5.13 Å². The normalized spacial score (nSPS) is 16.0. The van der Waals surface area contributed by atoms with Gasteiger partial charge in [0.05, 0.1) is 5.69 Å². The van der Waals surface area contributed by atoms with Gasteiger partial charge in [0.2, 0.25) is 0 Å². The topological polar surface area (TPSA) is 37.2 Å². The van der Waals surface area contributed by atoms with Crippen LogP contribution < -0.4 is 4.90 Å². The second-order valence-electron chi connectivity index (χ2n) is 6.24. The average Bonchev–Trinajstić information content (AvgIpc) is 3.29. The lowest BCUT2D eigenvalue weighted by atomic mass is 10.2. The van der Waals surface area contributed by atoms with Crippen molar-refractivity contribution in [3.63, 3.8) is 0 Å². The number of likely N-dealkylation sites (N-methyl/N-ethyl adjacent to an activating group) is 1.